The number of hydrogen-bond donors (Lipinski definition) is 0. The highest BCUT2D eigenvalue weighted by molar-refractivity contribution is 5.82. The molecule has 0 bridgehead atoms. The van der Waals surface area contributed by atoms with Gasteiger partial charge >= 0.3 is 0 Å². The molecular formula is C11H8N2. The van der Waals surface area contributed by atoms with Crippen LogP contribution in [0, 0.1) is 18.3 Å². The lowest BCUT2D eigenvalue weighted by atomic mass is 10.1. The van der Waals surface area contributed by atoms with Crippen LogP contribution in [0.1, 0.15) is 11.3 Å². The van der Waals surface area contributed by atoms with Crippen molar-refractivity contribution in [2.75, 3.05) is 0 Å². The van der Waals surface area contributed by atoms with E-state index in [0.717, 1.165) is 10.9 Å². The average Bonchev–Trinajstić information content (AvgIpc) is 2.18. The van der Waals surface area contributed by atoms with Crippen molar-refractivity contribution in [2.45, 2.75) is 6.92 Å². The van der Waals surface area contributed by atoms with E-state index in [2.05, 4.69) is 4.98 Å². The molecule has 0 aliphatic carbocycles. The lowest BCUT2D eigenvalue weighted by molar-refractivity contribution is 1.32. The van der Waals surface area contributed by atoms with Crippen molar-refractivity contribution < 1.29 is 0 Å². The smallest absolute Gasteiger partial charge is 0.141 e. The summed E-state index contributed by atoms with van der Waals surface area (Å²) in [4.78, 5) is 4.19. The normalized spacial score (nSPS) is 9.85. The molecule has 2 aromatic rings. The van der Waals surface area contributed by atoms with Crippen LogP contribution in [0.25, 0.3) is 10.9 Å². The Hall–Kier alpha value is -1.88. The van der Waals surface area contributed by atoms with Gasteiger partial charge < -0.3 is 0 Å². The van der Waals surface area contributed by atoms with E-state index in [1.165, 1.54) is 5.56 Å². The molecule has 0 unspecified atom stereocenters. The van der Waals surface area contributed by atoms with E-state index in [1.54, 1.807) is 6.07 Å². The van der Waals surface area contributed by atoms with Gasteiger partial charge in [-0.3, -0.25) is 0 Å². The van der Waals surface area contributed by atoms with Gasteiger partial charge in [0.1, 0.15) is 11.8 Å². The monoisotopic (exact) mass is 168 g/mol. The van der Waals surface area contributed by atoms with Gasteiger partial charge in [-0.1, -0.05) is 12.1 Å². The first-order valence-electron chi connectivity index (χ1n) is 4.08. The van der Waals surface area contributed by atoms with Crippen LogP contribution in [-0.4, -0.2) is 4.98 Å². The highest BCUT2D eigenvalue weighted by Gasteiger charge is 1.98. The van der Waals surface area contributed by atoms with Crippen LogP contribution in [0.3, 0.4) is 0 Å². The van der Waals surface area contributed by atoms with Crippen LogP contribution in [0.15, 0.2) is 30.3 Å². The Balaban J connectivity index is 2.82. The molecule has 0 aliphatic heterocycles. The quantitative estimate of drug-likeness (QED) is 0.605. The summed E-state index contributed by atoms with van der Waals surface area (Å²) in [5.41, 5.74) is 2.55. The van der Waals surface area contributed by atoms with Crippen LogP contribution in [0.4, 0.5) is 0 Å². The maximum absolute atomic E-state index is 8.65. The molecule has 0 N–H and O–H groups in total. The maximum atomic E-state index is 8.65. The lowest BCUT2D eigenvalue weighted by Crippen LogP contribution is -1.85. The largest absolute Gasteiger partial charge is 0.237 e. The van der Waals surface area contributed by atoms with E-state index in [-0.39, 0.29) is 0 Å². The third kappa shape index (κ3) is 1.25. The van der Waals surface area contributed by atoms with Crippen molar-refractivity contribution in [2.24, 2.45) is 0 Å². The Morgan fingerprint density at radius 3 is 2.85 bits per heavy atom. The SMILES string of the molecule is Cc1cccc2nc(C#N)ccc12. The fourth-order valence-electron chi connectivity index (χ4n) is 1.37. The van der Waals surface area contributed by atoms with Crippen molar-refractivity contribution >= 4 is 10.9 Å². The third-order valence-corrected chi connectivity index (χ3v) is 2.06. The molecule has 0 saturated heterocycles. The molecule has 0 amide bonds. The summed E-state index contributed by atoms with van der Waals surface area (Å²) < 4.78 is 0. The van der Waals surface area contributed by atoms with Crippen LogP contribution in [0.5, 0.6) is 0 Å². The number of pyridine rings is 1. The maximum Gasteiger partial charge on any atom is 0.141 e. The Morgan fingerprint density at radius 1 is 1.23 bits per heavy atom. The minimum atomic E-state index is 0.470. The number of benzene rings is 1. The van der Waals surface area contributed by atoms with E-state index in [9.17, 15) is 0 Å². The van der Waals surface area contributed by atoms with Crippen molar-refractivity contribution in [3.8, 4) is 6.07 Å². The van der Waals surface area contributed by atoms with E-state index in [4.69, 9.17) is 5.26 Å². The van der Waals surface area contributed by atoms with E-state index in [0.29, 0.717) is 5.69 Å². The zero-order chi connectivity index (χ0) is 9.26. The number of aromatic nitrogens is 1. The molecule has 0 atom stereocenters. The van der Waals surface area contributed by atoms with E-state index in [1.807, 2.05) is 37.3 Å². The van der Waals surface area contributed by atoms with Gasteiger partial charge in [-0.15, -0.1) is 0 Å². The minimum absolute atomic E-state index is 0.470. The molecule has 2 heteroatoms. The molecule has 0 spiro atoms. The zero-order valence-electron chi connectivity index (χ0n) is 7.28. The highest BCUT2D eigenvalue weighted by atomic mass is 14.7. The summed E-state index contributed by atoms with van der Waals surface area (Å²) in [6, 6.07) is 11.6. The van der Waals surface area contributed by atoms with E-state index < -0.39 is 0 Å². The molecule has 1 aromatic heterocycles. The summed E-state index contributed by atoms with van der Waals surface area (Å²) >= 11 is 0. The second kappa shape index (κ2) is 2.87. The molecule has 62 valence electrons. The molecule has 0 aliphatic rings. The molecule has 13 heavy (non-hydrogen) atoms. The Morgan fingerprint density at radius 2 is 2.08 bits per heavy atom. The number of nitriles is 1. The second-order valence-corrected chi connectivity index (χ2v) is 2.95. The highest BCUT2D eigenvalue weighted by Crippen LogP contribution is 2.15. The van der Waals surface area contributed by atoms with E-state index >= 15 is 0 Å². The summed E-state index contributed by atoms with van der Waals surface area (Å²) in [7, 11) is 0. The van der Waals surface area contributed by atoms with Crippen molar-refractivity contribution in [1.82, 2.24) is 4.98 Å². The topological polar surface area (TPSA) is 36.7 Å². The lowest BCUT2D eigenvalue weighted by Gasteiger charge is -1.99. The molecular weight excluding hydrogens is 160 g/mol. The van der Waals surface area contributed by atoms with Gasteiger partial charge in [-0.25, -0.2) is 4.98 Å². The van der Waals surface area contributed by atoms with Crippen LogP contribution in [0.2, 0.25) is 0 Å². The Bertz CT molecular complexity index is 495. The molecule has 1 heterocycles. The van der Waals surface area contributed by atoms with Gasteiger partial charge in [0.25, 0.3) is 0 Å². The predicted molar refractivity (Wildman–Crippen MR) is 51.2 cm³/mol. The fourth-order valence-corrected chi connectivity index (χ4v) is 1.37. The van der Waals surface area contributed by atoms with Gasteiger partial charge in [0.2, 0.25) is 0 Å². The van der Waals surface area contributed by atoms with Gasteiger partial charge in [-0.2, -0.15) is 5.26 Å². The number of fused-ring (bicyclic) bond motifs is 1. The summed E-state index contributed by atoms with van der Waals surface area (Å²) in [5.74, 6) is 0. The standard InChI is InChI=1S/C11H8N2/c1-8-3-2-4-11-10(8)6-5-9(7-12)13-11/h2-6H,1H3. The number of hydrogen-bond acceptors (Lipinski definition) is 2. The number of aryl methyl sites for hydroxylation is 1. The second-order valence-electron chi connectivity index (χ2n) is 2.95. The van der Waals surface area contributed by atoms with Crippen LogP contribution in [-0.2, 0) is 0 Å². The molecule has 1 aromatic carbocycles. The Kier molecular flexibility index (Phi) is 1.71. The molecule has 2 nitrogen and oxygen atoms in total. The Labute approximate surface area is 76.5 Å². The van der Waals surface area contributed by atoms with Gasteiger partial charge in [0.05, 0.1) is 5.52 Å². The fraction of sp³-hybridized carbons (Fsp3) is 0.0909. The van der Waals surface area contributed by atoms with Crippen LogP contribution >= 0.6 is 0 Å². The minimum Gasteiger partial charge on any atom is -0.237 e. The molecule has 2 rings (SSSR count). The first-order valence-corrected chi connectivity index (χ1v) is 4.08. The molecule has 0 saturated carbocycles. The average molecular weight is 168 g/mol. The zero-order valence-corrected chi connectivity index (χ0v) is 7.28. The summed E-state index contributed by atoms with van der Waals surface area (Å²) in [5, 5.41) is 9.77. The van der Waals surface area contributed by atoms with Gasteiger partial charge in [0.15, 0.2) is 0 Å². The summed E-state index contributed by atoms with van der Waals surface area (Å²) in [6.45, 7) is 2.04. The van der Waals surface area contributed by atoms with Crippen molar-refractivity contribution in [3.63, 3.8) is 0 Å². The number of nitrogens with zero attached hydrogens (tertiary/aromatic N) is 2. The summed E-state index contributed by atoms with van der Waals surface area (Å²) in [6.07, 6.45) is 0. The van der Waals surface area contributed by atoms with Crippen LogP contribution < -0.4 is 0 Å². The molecule has 0 radical (unpaired) electrons. The van der Waals surface area contributed by atoms with Crippen molar-refractivity contribution in [1.29, 1.82) is 5.26 Å². The van der Waals surface area contributed by atoms with Gasteiger partial charge in [-0.05, 0) is 30.7 Å². The first kappa shape index (κ1) is 7.75. The number of rotatable bonds is 0. The predicted octanol–water partition coefficient (Wildman–Crippen LogP) is 2.41. The van der Waals surface area contributed by atoms with Gasteiger partial charge in [0, 0.05) is 5.39 Å². The third-order valence-electron chi connectivity index (χ3n) is 2.06. The molecule has 0 fully saturated rings. The van der Waals surface area contributed by atoms with Crippen molar-refractivity contribution in [3.05, 3.63) is 41.6 Å². The first-order chi connectivity index (χ1) is 6.31.